The van der Waals surface area contributed by atoms with Crippen molar-refractivity contribution in [3.63, 3.8) is 0 Å². The Morgan fingerprint density at radius 3 is 2.69 bits per heavy atom. The number of hydrogen-bond donors (Lipinski definition) is 0. The normalized spacial score (nSPS) is 10.2. The third-order valence-electron chi connectivity index (χ3n) is 1.82. The van der Waals surface area contributed by atoms with Gasteiger partial charge >= 0.3 is 5.97 Å². The fourth-order valence-corrected chi connectivity index (χ4v) is 2.89. The van der Waals surface area contributed by atoms with Gasteiger partial charge in [-0.15, -0.1) is 0 Å². The van der Waals surface area contributed by atoms with Crippen LogP contribution in [0.1, 0.15) is 17.3 Å². The van der Waals surface area contributed by atoms with E-state index in [1.807, 2.05) is 19.1 Å². The predicted octanol–water partition coefficient (Wildman–Crippen LogP) is 3.09. The van der Waals surface area contributed by atoms with Crippen LogP contribution in [0.4, 0.5) is 0 Å². The van der Waals surface area contributed by atoms with Crippen molar-refractivity contribution in [3.05, 3.63) is 30.9 Å². The van der Waals surface area contributed by atoms with Crippen molar-refractivity contribution in [2.24, 2.45) is 0 Å². The Hall–Kier alpha value is 0.110. The maximum absolute atomic E-state index is 11.7. The molecule has 0 N–H and O–H groups in total. The van der Waals surface area contributed by atoms with Crippen LogP contribution in [0, 0.1) is 7.14 Å². The molecular formula is C11H12I2O3. The molecule has 0 amide bonds. The number of halogens is 2. The molecule has 3 nitrogen and oxygen atoms in total. The zero-order chi connectivity index (χ0) is 12.0. The molecule has 88 valence electrons. The molecule has 0 heterocycles. The minimum atomic E-state index is -0.291. The average molecular weight is 446 g/mol. The number of esters is 1. The summed E-state index contributed by atoms with van der Waals surface area (Å²) in [5.74, 6) is -0.291. The molecular weight excluding hydrogens is 434 g/mol. The molecule has 0 bridgehead atoms. The summed E-state index contributed by atoms with van der Waals surface area (Å²) in [4.78, 5) is 11.7. The van der Waals surface area contributed by atoms with Gasteiger partial charge in [0.2, 0.25) is 0 Å². The van der Waals surface area contributed by atoms with E-state index in [-0.39, 0.29) is 5.97 Å². The van der Waals surface area contributed by atoms with E-state index in [0.29, 0.717) is 25.4 Å². The molecule has 0 atom stereocenters. The Balaban J connectivity index is 2.53. The summed E-state index contributed by atoms with van der Waals surface area (Å²) < 4.78 is 12.2. The van der Waals surface area contributed by atoms with Gasteiger partial charge in [-0.05, 0) is 70.3 Å². The molecule has 1 rings (SSSR count). The van der Waals surface area contributed by atoms with Gasteiger partial charge < -0.3 is 9.47 Å². The van der Waals surface area contributed by atoms with Gasteiger partial charge in [0.15, 0.2) is 0 Å². The third-order valence-corrected chi connectivity index (χ3v) is 3.38. The van der Waals surface area contributed by atoms with Crippen molar-refractivity contribution in [2.45, 2.75) is 6.92 Å². The van der Waals surface area contributed by atoms with Crippen molar-refractivity contribution < 1.29 is 14.3 Å². The highest BCUT2D eigenvalue weighted by atomic mass is 127. The van der Waals surface area contributed by atoms with Crippen molar-refractivity contribution >= 4 is 51.2 Å². The monoisotopic (exact) mass is 446 g/mol. The summed E-state index contributed by atoms with van der Waals surface area (Å²) >= 11 is 4.34. The zero-order valence-electron chi connectivity index (χ0n) is 8.83. The van der Waals surface area contributed by atoms with Gasteiger partial charge in [0.1, 0.15) is 6.61 Å². The van der Waals surface area contributed by atoms with E-state index < -0.39 is 0 Å². The van der Waals surface area contributed by atoms with E-state index in [1.165, 1.54) is 0 Å². The van der Waals surface area contributed by atoms with Gasteiger partial charge in [-0.3, -0.25) is 0 Å². The Kier molecular flexibility index (Phi) is 6.59. The second-order valence-corrected chi connectivity index (χ2v) is 5.36. The maximum atomic E-state index is 11.7. The zero-order valence-corrected chi connectivity index (χ0v) is 13.1. The summed E-state index contributed by atoms with van der Waals surface area (Å²) in [6.45, 7) is 3.29. The van der Waals surface area contributed by atoms with Crippen LogP contribution in [0.3, 0.4) is 0 Å². The molecule has 0 aromatic heterocycles. The lowest BCUT2D eigenvalue weighted by Crippen LogP contribution is -2.12. The Bertz CT molecular complexity index is 366. The highest BCUT2D eigenvalue weighted by molar-refractivity contribution is 14.1. The van der Waals surface area contributed by atoms with Crippen molar-refractivity contribution in [2.75, 3.05) is 19.8 Å². The van der Waals surface area contributed by atoms with Crippen molar-refractivity contribution in [1.29, 1.82) is 0 Å². The van der Waals surface area contributed by atoms with Crippen LogP contribution in [0.25, 0.3) is 0 Å². The third kappa shape index (κ3) is 4.54. The number of ether oxygens (including phenoxy) is 2. The fraction of sp³-hybridized carbons (Fsp3) is 0.364. The minimum Gasteiger partial charge on any atom is -0.460 e. The van der Waals surface area contributed by atoms with Gasteiger partial charge in [-0.1, -0.05) is 0 Å². The highest BCUT2D eigenvalue weighted by Crippen LogP contribution is 2.16. The molecule has 0 fully saturated rings. The smallest absolute Gasteiger partial charge is 0.339 e. The Labute approximate surface area is 122 Å². The molecule has 5 heteroatoms. The van der Waals surface area contributed by atoms with E-state index in [0.717, 1.165) is 7.14 Å². The quantitative estimate of drug-likeness (QED) is 0.397. The van der Waals surface area contributed by atoms with Crippen LogP contribution in [-0.4, -0.2) is 25.8 Å². The fourth-order valence-electron chi connectivity index (χ4n) is 1.07. The summed E-state index contributed by atoms with van der Waals surface area (Å²) in [6, 6.07) is 5.62. The number of hydrogen-bond acceptors (Lipinski definition) is 3. The summed E-state index contributed by atoms with van der Waals surface area (Å²) in [5, 5.41) is 0. The first-order valence-corrected chi connectivity index (χ1v) is 7.00. The van der Waals surface area contributed by atoms with Gasteiger partial charge in [-0.25, -0.2) is 4.79 Å². The van der Waals surface area contributed by atoms with Gasteiger partial charge in [-0.2, -0.15) is 0 Å². The SMILES string of the molecule is CCOCCOC(=O)c1ccc(I)cc1I. The molecule has 16 heavy (non-hydrogen) atoms. The molecule has 0 saturated carbocycles. The molecule has 0 aliphatic rings. The average Bonchev–Trinajstić information content (AvgIpc) is 2.24. The topological polar surface area (TPSA) is 35.5 Å². The summed E-state index contributed by atoms with van der Waals surface area (Å²) in [7, 11) is 0. The Morgan fingerprint density at radius 2 is 2.06 bits per heavy atom. The molecule has 0 unspecified atom stereocenters. The number of carbonyl (C=O) groups excluding carboxylic acids is 1. The van der Waals surface area contributed by atoms with E-state index in [4.69, 9.17) is 9.47 Å². The predicted molar refractivity (Wildman–Crippen MR) is 78.7 cm³/mol. The van der Waals surface area contributed by atoms with Crippen LogP contribution in [0.15, 0.2) is 18.2 Å². The standard InChI is InChI=1S/C11H12I2O3/c1-2-15-5-6-16-11(14)9-4-3-8(12)7-10(9)13/h3-4,7H,2,5-6H2,1H3. The van der Waals surface area contributed by atoms with Crippen LogP contribution in [-0.2, 0) is 9.47 Å². The molecule has 1 aromatic rings. The number of carbonyl (C=O) groups is 1. The van der Waals surface area contributed by atoms with Crippen LogP contribution in [0.5, 0.6) is 0 Å². The van der Waals surface area contributed by atoms with Gasteiger partial charge in [0, 0.05) is 13.7 Å². The lowest BCUT2D eigenvalue weighted by atomic mass is 10.2. The molecule has 1 aromatic carbocycles. The second kappa shape index (κ2) is 7.44. The summed E-state index contributed by atoms with van der Waals surface area (Å²) in [6.07, 6.45) is 0. The minimum absolute atomic E-state index is 0.291. The van der Waals surface area contributed by atoms with E-state index in [1.54, 1.807) is 6.07 Å². The first kappa shape index (κ1) is 14.2. The van der Waals surface area contributed by atoms with Crippen molar-refractivity contribution in [1.82, 2.24) is 0 Å². The highest BCUT2D eigenvalue weighted by Gasteiger charge is 2.11. The largest absolute Gasteiger partial charge is 0.460 e. The maximum Gasteiger partial charge on any atom is 0.339 e. The van der Waals surface area contributed by atoms with E-state index >= 15 is 0 Å². The van der Waals surface area contributed by atoms with E-state index in [2.05, 4.69) is 45.2 Å². The second-order valence-electron chi connectivity index (χ2n) is 2.96. The summed E-state index contributed by atoms with van der Waals surface area (Å²) in [5.41, 5.74) is 0.609. The van der Waals surface area contributed by atoms with Gasteiger partial charge in [0.25, 0.3) is 0 Å². The first-order chi connectivity index (χ1) is 7.65. The molecule has 0 spiro atoms. The molecule has 0 saturated heterocycles. The molecule has 0 radical (unpaired) electrons. The van der Waals surface area contributed by atoms with Crippen LogP contribution in [0.2, 0.25) is 0 Å². The first-order valence-electron chi connectivity index (χ1n) is 4.85. The number of rotatable bonds is 5. The molecule has 0 aliphatic heterocycles. The van der Waals surface area contributed by atoms with Crippen molar-refractivity contribution in [3.8, 4) is 0 Å². The lowest BCUT2D eigenvalue weighted by molar-refractivity contribution is 0.0334. The van der Waals surface area contributed by atoms with E-state index in [9.17, 15) is 4.79 Å². The number of benzene rings is 1. The lowest BCUT2D eigenvalue weighted by Gasteiger charge is -2.06. The van der Waals surface area contributed by atoms with Crippen LogP contribution >= 0.6 is 45.2 Å². The molecule has 0 aliphatic carbocycles. The Morgan fingerprint density at radius 1 is 1.31 bits per heavy atom. The van der Waals surface area contributed by atoms with Crippen LogP contribution < -0.4 is 0 Å². The van der Waals surface area contributed by atoms with Gasteiger partial charge in [0.05, 0.1) is 12.2 Å².